The van der Waals surface area contributed by atoms with Gasteiger partial charge in [-0.25, -0.2) is 9.78 Å². The maximum absolute atomic E-state index is 13.0. The summed E-state index contributed by atoms with van der Waals surface area (Å²) in [6.45, 7) is 0.400. The molecule has 0 aliphatic heterocycles. The summed E-state index contributed by atoms with van der Waals surface area (Å²) in [6.07, 6.45) is 4.82. The molecule has 0 bridgehead atoms. The molecule has 4 heterocycles. The van der Waals surface area contributed by atoms with Crippen LogP contribution in [-0.4, -0.2) is 25.0 Å². The number of nitrogens with two attached hydrogens (primary N) is 1. The highest BCUT2D eigenvalue weighted by molar-refractivity contribution is 7.20. The Morgan fingerprint density at radius 3 is 2.63 bits per heavy atom. The first-order valence-electron chi connectivity index (χ1n) is 9.05. The van der Waals surface area contributed by atoms with Gasteiger partial charge in [0.05, 0.1) is 16.8 Å². The van der Waals surface area contributed by atoms with E-state index >= 15 is 0 Å². The molecule has 0 saturated carbocycles. The number of carbonyl (C=O) groups excluding carboxylic acids is 1. The minimum Gasteiger partial charge on any atom is -0.384 e. The van der Waals surface area contributed by atoms with E-state index in [2.05, 4.69) is 15.3 Å². The normalized spacial score (nSPS) is 11.0. The average Bonchev–Trinajstić information content (AvgIpc) is 3.21. The molecule has 4 rings (SSSR count). The molecule has 4 aromatic rings. The highest BCUT2D eigenvalue weighted by atomic mass is 32.1. The number of anilines is 1. The van der Waals surface area contributed by atoms with Gasteiger partial charge in [-0.1, -0.05) is 6.07 Å². The first-order valence-corrected chi connectivity index (χ1v) is 9.86. The summed E-state index contributed by atoms with van der Waals surface area (Å²) in [7, 11) is 1.58. The van der Waals surface area contributed by atoms with Gasteiger partial charge >= 0.3 is 5.69 Å². The summed E-state index contributed by atoms with van der Waals surface area (Å²) in [5.74, 6) is 0.0452. The Hall–Kier alpha value is -3.79. The van der Waals surface area contributed by atoms with E-state index in [-0.39, 0.29) is 12.5 Å². The SMILES string of the molecule is Cn1c(=O)n(Cc2ccc(N)nc2)c(=O)c2cc(C(=O)NCc3ccncc3)sc21. The third kappa shape index (κ3) is 3.72. The van der Waals surface area contributed by atoms with E-state index in [1.807, 2.05) is 0 Å². The fourth-order valence-corrected chi connectivity index (χ4v) is 4.04. The smallest absolute Gasteiger partial charge is 0.332 e. The van der Waals surface area contributed by atoms with Crippen molar-refractivity contribution in [2.45, 2.75) is 13.1 Å². The molecule has 0 fully saturated rings. The molecule has 0 aromatic carbocycles. The lowest BCUT2D eigenvalue weighted by molar-refractivity contribution is 0.0955. The second-order valence-electron chi connectivity index (χ2n) is 6.69. The third-order valence-corrected chi connectivity index (χ3v) is 5.84. The lowest BCUT2D eigenvalue weighted by Gasteiger charge is -2.08. The Balaban J connectivity index is 1.67. The average molecular weight is 422 g/mol. The zero-order valence-electron chi connectivity index (χ0n) is 16.0. The number of fused-ring (bicyclic) bond motifs is 1. The second kappa shape index (κ2) is 7.91. The van der Waals surface area contributed by atoms with Gasteiger partial charge < -0.3 is 11.1 Å². The zero-order chi connectivity index (χ0) is 21.3. The molecule has 0 atom stereocenters. The first kappa shape index (κ1) is 19.5. The molecule has 3 N–H and O–H groups in total. The summed E-state index contributed by atoms with van der Waals surface area (Å²) in [4.78, 5) is 47.0. The van der Waals surface area contributed by atoms with Crippen LogP contribution in [0.3, 0.4) is 0 Å². The van der Waals surface area contributed by atoms with Crippen LogP contribution in [0.2, 0.25) is 0 Å². The van der Waals surface area contributed by atoms with Crippen LogP contribution in [0.25, 0.3) is 10.2 Å². The number of aromatic nitrogens is 4. The summed E-state index contributed by atoms with van der Waals surface area (Å²) in [5, 5.41) is 3.14. The summed E-state index contributed by atoms with van der Waals surface area (Å²) in [6, 6.07) is 8.46. The largest absolute Gasteiger partial charge is 0.384 e. The number of pyridine rings is 2. The molecule has 0 radical (unpaired) electrons. The molecule has 0 saturated heterocycles. The van der Waals surface area contributed by atoms with Gasteiger partial charge in [0.2, 0.25) is 0 Å². The first-order chi connectivity index (χ1) is 14.4. The van der Waals surface area contributed by atoms with Gasteiger partial charge in [0, 0.05) is 32.2 Å². The number of carbonyl (C=O) groups is 1. The number of rotatable bonds is 5. The lowest BCUT2D eigenvalue weighted by atomic mass is 10.2. The number of amides is 1. The van der Waals surface area contributed by atoms with Gasteiger partial charge in [0.1, 0.15) is 10.6 Å². The Labute approximate surface area is 174 Å². The highest BCUT2D eigenvalue weighted by Gasteiger charge is 2.18. The van der Waals surface area contributed by atoms with Crippen molar-refractivity contribution >= 4 is 33.3 Å². The van der Waals surface area contributed by atoms with Crippen LogP contribution in [-0.2, 0) is 20.1 Å². The zero-order valence-corrected chi connectivity index (χ0v) is 16.8. The topological polar surface area (TPSA) is 125 Å². The molecule has 10 heteroatoms. The van der Waals surface area contributed by atoms with Crippen LogP contribution in [0.1, 0.15) is 20.8 Å². The van der Waals surface area contributed by atoms with Gasteiger partial charge in [-0.3, -0.25) is 23.7 Å². The Kier molecular flexibility index (Phi) is 5.15. The van der Waals surface area contributed by atoms with E-state index in [1.54, 1.807) is 43.7 Å². The molecular weight excluding hydrogens is 404 g/mol. The number of nitrogen functional groups attached to an aromatic ring is 1. The molecule has 0 spiro atoms. The Morgan fingerprint density at radius 2 is 1.93 bits per heavy atom. The molecule has 0 unspecified atom stereocenters. The van der Waals surface area contributed by atoms with E-state index in [0.717, 1.165) is 21.5 Å². The van der Waals surface area contributed by atoms with Crippen LogP contribution in [0.15, 0.2) is 58.5 Å². The van der Waals surface area contributed by atoms with Gasteiger partial charge in [-0.2, -0.15) is 0 Å². The number of nitrogens with zero attached hydrogens (tertiary/aromatic N) is 4. The molecule has 0 aliphatic rings. The second-order valence-corrected chi connectivity index (χ2v) is 7.72. The van der Waals surface area contributed by atoms with E-state index < -0.39 is 11.2 Å². The van der Waals surface area contributed by atoms with Crippen molar-refractivity contribution in [2.75, 3.05) is 5.73 Å². The molecule has 4 aromatic heterocycles. The fraction of sp³-hybridized carbons (Fsp3) is 0.150. The summed E-state index contributed by atoms with van der Waals surface area (Å²) < 4.78 is 2.51. The van der Waals surface area contributed by atoms with Crippen molar-refractivity contribution in [1.29, 1.82) is 0 Å². The monoisotopic (exact) mass is 422 g/mol. The number of thiophene rings is 1. The van der Waals surface area contributed by atoms with Crippen molar-refractivity contribution in [3.63, 3.8) is 0 Å². The molecular formula is C20H18N6O3S. The van der Waals surface area contributed by atoms with E-state index in [4.69, 9.17) is 5.73 Å². The fourth-order valence-electron chi connectivity index (χ4n) is 3.02. The van der Waals surface area contributed by atoms with Gasteiger partial charge in [-0.05, 0) is 35.4 Å². The van der Waals surface area contributed by atoms with Crippen LogP contribution in [0, 0.1) is 0 Å². The maximum atomic E-state index is 13.0. The molecule has 152 valence electrons. The molecule has 0 aliphatic carbocycles. The molecule has 1 amide bonds. The van der Waals surface area contributed by atoms with Gasteiger partial charge in [0.15, 0.2) is 0 Å². The number of hydrogen-bond acceptors (Lipinski definition) is 7. The highest BCUT2D eigenvalue weighted by Crippen LogP contribution is 2.22. The molecule has 9 nitrogen and oxygen atoms in total. The Bertz CT molecular complexity index is 1340. The van der Waals surface area contributed by atoms with Crippen molar-refractivity contribution in [2.24, 2.45) is 7.05 Å². The van der Waals surface area contributed by atoms with Crippen molar-refractivity contribution in [1.82, 2.24) is 24.4 Å². The number of aryl methyl sites for hydroxylation is 1. The van der Waals surface area contributed by atoms with Crippen LogP contribution in [0.4, 0.5) is 5.82 Å². The number of hydrogen-bond donors (Lipinski definition) is 2. The van der Waals surface area contributed by atoms with E-state index in [1.165, 1.54) is 16.8 Å². The maximum Gasteiger partial charge on any atom is 0.332 e. The summed E-state index contributed by atoms with van der Waals surface area (Å²) in [5.41, 5.74) is 6.26. The van der Waals surface area contributed by atoms with Crippen LogP contribution < -0.4 is 22.3 Å². The van der Waals surface area contributed by atoms with E-state index in [0.29, 0.717) is 33.0 Å². The number of nitrogens with one attached hydrogen (secondary N) is 1. The van der Waals surface area contributed by atoms with E-state index in [9.17, 15) is 14.4 Å². The van der Waals surface area contributed by atoms with Crippen LogP contribution >= 0.6 is 11.3 Å². The lowest BCUT2D eigenvalue weighted by Crippen LogP contribution is -2.38. The van der Waals surface area contributed by atoms with Crippen molar-refractivity contribution < 1.29 is 4.79 Å². The molecule has 30 heavy (non-hydrogen) atoms. The standard InChI is InChI=1S/C20H18N6O3S/c1-25-19-14(8-15(30-19)17(27)24-9-12-4-6-22-7-5-12)18(28)26(20(25)29)11-13-2-3-16(21)23-10-13/h2-8,10H,9,11H2,1H3,(H2,21,23)(H,24,27). The predicted molar refractivity (Wildman–Crippen MR) is 114 cm³/mol. The Morgan fingerprint density at radius 1 is 1.17 bits per heavy atom. The van der Waals surface area contributed by atoms with Crippen LogP contribution in [0.5, 0.6) is 0 Å². The predicted octanol–water partition coefficient (Wildman–Crippen LogP) is 1.11. The van der Waals surface area contributed by atoms with Gasteiger partial charge in [-0.15, -0.1) is 11.3 Å². The van der Waals surface area contributed by atoms with Crippen molar-refractivity contribution in [3.8, 4) is 0 Å². The van der Waals surface area contributed by atoms with Gasteiger partial charge in [0.25, 0.3) is 11.5 Å². The minimum absolute atomic E-state index is 0.0636. The minimum atomic E-state index is -0.463. The quantitative estimate of drug-likeness (QED) is 0.496. The third-order valence-electron chi connectivity index (χ3n) is 4.63. The van der Waals surface area contributed by atoms with Crippen molar-refractivity contribution in [3.05, 3.63) is 85.8 Å². The summed E-state index contributed by atoms with van der Waals surface area (Å²) >= 11 is 1.11.